The van der Waals surface area contributed by atoms with E-state index in [1.807, 2.05) is 0 Å². The molecule has 0 radical (unpaired) electrons. The molecular weight excluding hydrogens is 940 g/mol. The van der Waals surface area contributed by atoms with Gasteiger partial charge in [0.1, 0.15) is 0 Å². The Hall–Kier alpha value is 4.93. The zero-order chi connectivity index (χ0) is 22.5. The van der Waals surface area contributed by atoms with E-state index >= 15 is 0 Å². The van der Waals surface area contributed by atoms with Gasteiger partial charge in [0.15, 0.2) is 0 Å². The van der Waals surface area contributed by atoms with Gasteiger partial charge in [-0.05, 0) is 0 Å². The summed E-state index contributed by atoms with van der Waals surface area (Å²) in [5, 5.41) is 0. The van der Waals surface area contributed by atoms with Gasteiger partial charge in [-0.25, -0.2) is 0 Å². The van der Waals surface area contributed by atoms with Gasteiger partial charge in [0.25, 0.3) is 0 Å². The first-order valence-electron chi connectivity index (χ1n) is 3.65. The van der Waals surface area contributed by atoms with Gasteiger partial charge in [-0.15, -0.1) is 0 Å². The molecule has 0 saturated heterocycles. The molecule has 0 atom stereocenters. The summed E-state index contributed by atoms with van der Waals surface area (Å²) in [4.78, 5) is 128. The fraction of sp³-hybridized carbons (Fsp3) is 0. The number of phosphoric acid groups is 5. The monoisotopic (exact) mass is 941 g/mol. The fourth-order valence-electron chi connectivity index (χ4n) is 0. The van der Waals surface area contributed by atoms with Crippen LogP contribution in [0.4, 0.5) is 0 Å². The van der Waals surface area contributed by atoms with Crippen molar-refractivity contribution in [3.63, 3.8) is 0 Å². The second-order valence-electron chi connectivity index (χ2n) is 2.24. The molecule has 0 fully saturated rings. The Bertz CT molecular complexity index is 403. The van der Waals surface area contributed by atoms with Crippen molar-refractivity contribution in [1.29, 1.82) is 0 Å². The van der Waals surface area contributed by atoms with Gasteiger partial charge in [-0.1, -0.05) is 0 Å². The maximum atomic E-state index is 8.55. The van der Waals surface area contributed by atoms with Crippen molar-refractivity contribution in [1.82, 2.24) is 0 Å². The Morgan fingerprint density at radius 2 is 0.256 bits per heavy atom. The molecule has 26 nitrogen and oxygen atoms in total. The standard InChI is InChI=1S/4Al.5H3O4P.6H2O.4Zn/c;;;;5*1-5(2,3)4;;;;;;;;;;/h;;;;5*(H3,1,2,3,4);6*1H2;;;;/q4*+3;;;;;;;;;;;;4*+2/p-20. The van der Waals surface area contributed by atoms with Gasteiger partial charge >= 0.3 is 147 Å². The summed E-state index contributed by atoms with van der Waals surface area (Å²) in [6.07, 6.45) is 0. The van der Waals surface area contributed by atoms with Crippen molar-refractivity contribution in [2.75, 3.05) is 0 Å². The Morgan fingerprint density at radius 3 is 0.256 bits per heavy atom. The number of rotatable bonds is 0. The third-order valence-corrected chi connectivity index (χ3v) is 0. The van der Waals surface area contributed by atoms with E-state index in [9.17, 15) is 0 Å². The van der Waals surface area contributed by atoms with E-state index in [4.69, 9.17) is 96.2 Å². The van der Waals surface area contributed by atoms with Crippen LogP contribution < -0.4 is 73.4 Å². The maximum Gasteiger partial charge on any atom is 3.00 e. The molecule has 0 aromatic heterocycles. The van der Waals surface area contributed by atoms with Crippen molar-refractivity contribution in [3.05, 3.63) is 0 Å². The largest absolute Gasteiger partial charge is 3.00 e. The molecule has 0 unspecified atom stereocenters. The summed E-state index contributed by atoms with van der Waals surface area (Å²) in [7, 11) is -26.9. The third kappa shape index (κ3) is 2960. The SMILES string of the molecule is O.O=P([O-])([O-])[O-].O=P([O-])([O-])[O-].O=P([O-])([O-])[O-].O=P([O-])([O-])[O-].O=P([O-])([O-])[O-].[Al+3].[Al+3].[Al+3].[Al+3].[OH-].[OH-].[OH-].[OH-].[OH-].[Zn+2].[Zn+2].[Zn+2].[Zn+2]. The van der Waals surface area contributed by atoms with Crippen LogP contribution >= 0.6 is 39.1 Å². The second kappa shape index (κ2) is 61.9. The molecule has 0 aromatic rings. The van der Waals surface area contributed by atoms with Crippen LogP contribution in [0.25, 0.3) is 0 Å². The van der Waals surface area contributed by atoms with Crippen molar-refractivity contribution >= 4 is 109 Å². The first-order valence-corrected chi connectivity index (χ1v) is 11.0. The van der Waals surface area contributed by atoms with Crippen molar-refractivity contribution < 1.29 is 207 Å². The molecule has 7 N–H and O–H groups in total. The molecule has 0 aromatic carbocycles. The predicted octanol–water partition coefficient (Wildman–Crippen LogP) is -17.4. The zero-order valence-corrected chi connectivity index (χ0v) is 39.2. The summed E-state index contributed by atoms with van der Waals surface area (Å²) in [5.74, 6) is 0. The maximum absolute atomic E-state index is 8.55. The minimum Gasteiger partial charge on any atom is -0.870 e. The van der Waals surface area contributed by atoms with Gasteiger partial charge in [0, 0.05) is 0 Å². The third-order valence-electron chi connectivity index (χ3n) is 0. The molecule has 0 aliphatic rings. The van der Waals surface area contributed by atoms with Crippen LogP contribution in [0.2, 0.25) is 0 Å². The van der Waals surface area contributed by atoms with Gasteiger partial charge in [0.2, 0.25) is 0 Å². The number of hydrogen-bond donors (Lipinski definition) is 0. The summed E-state index contributed by atoms with van der Waals surface area (Å²) in [6, 6.07) is 0. The fourth-order valence-corrected chi connectivity index (χ4v) is 0. The topological polar surface area (TPSA) is 613 Å². The molecule has 0 saturated carbocycles. The van der Waals surface area contributed by atoms with E-state index in [0.717, 1.165) is 0 Å². The van der Waals surface area contributed by atoms with E-state index in [1.54, 1.807) is 0 Å². The minimum absolute atomic E-state index is 0. The van der Waals surface area contributed by atoms with Crippen LogP contribution in [0.15, 0.2) is 0 Å². The van der Waals surface area contributed by atoms with Crippen molar-refractivity contribution in [3.8, 4) is 0 Å². The van der Waals surface area contributed by atoms with Gasteiger partial charge < -0.3 is 129 Å². The Morgan fingerprint density at radius 1 is 0.256 bits per heavy atom. The van der Waals surface area contributed by atoms with E-state index in [2.05, 4.69) is 0 Å². The molecule has 0 heterocycles. The Labute approximate surface area is 312 Å². The van der Waals surface area contributed by atoms with E-state index < -0.39 is 39.1 Å². The minimum atomic E-state index is -5.39. The first kappa shape index (κ1) is 130. The van der Waals surface area contributed by atoms with Gasteiger partial charge in [0.05, 0.1) is 0 Å². The average molecular weight is 947 g/mol. The van der Waals surface area contributed by atoms with Gasteiger partial charge in [-0.3, -0.25) is 0 Å². The van der Waals surface area contributed by atoms with E-state index in [0.29, 0.717) is 0 Å². The quantitative estimate of drug-likeness (QED) is 0.161. The zero-order valence-electron chi connectivity index (χ0n) is 18.3. The smallest absolute Gasteiger partial charge is 0.870 e. The molecule has 0 rings (SSSR count). The predicted molar refractivity (Wildman–Crippen MR) is 74.3 cm³/mol. The van der Waals surface area contributed by atoms with Crippen LogP contribution in [0.5, 0.6) is 0 Å². The van der Waals surface area contributed by atoms with Gasteiger partial charge in [-0.2, -0.15) is 39.1 Å². The molecule has 39 heteroatoms. The molecule has 0 aliphatic heterocycles. The molecular formula is H7Al4O26P5Zn4. The summed E-state index contributed by atoms with van der Waals surface area (Å²) < 4.78 is 42.7. The van der Waals surface area contributed by atoms with Crippen LogP contribution in [0, 0.1) is 0 Å². The molecule has 39 heavy (non-hydrogen) atoms. The van der Waals surface area contributed by atoms with Crippen molar-refractivity contribution in [2.24, 2.45) is 0 Å². The Kier molecular flexibility index (Phi) is 207. The van der Waals surface area contributed by atoms with Crippen LogP contribution in [-0.2, 0) is 101 Å². The van der Waals surface area contributed by atoms with E-state index in [-0.39, 0.29) is 180 Å². The average Bonchev–Trinajstić information content (AvgIpc) is 1.79. The van der Waals surface area contributed by atoms with E-state index in [1.165, 1.54) is 0 Å². The van der Waals surface area contributed by atoms with Crippen LogP contribution in [0.1, 0.15) is 0 Å². The first-order chi connectivity index (χ1) is 10.0. The molecule has 0 aliphatic carbocycles. The second-order valence-corrected chi connectivity index (χ2v) is 6.71. The summed E-state index contributed by atoms with van der Waals surface area (Å²) >= 11 is 0. The summed E-state index contributed by atoms with van der Waals surface area (Å²) in [6.45, 7) is 0. The summed E-state index contributed by atoms with van der Waals surface area (Å²) in [5.41, 5.74) is 0. The Balaban J connectivity index is -0.00000000692. The molecule has 0 spiro atoms. The normalized spacial score (nSPS) is 7.56. The number of hydrogen-bond acceptors (Lipinski definition) is 25. The molecule has 0 amide bonds. The molecule has 0 bridgehead atoms. The van der Waals surface area contributed by atoms with Crippen molar-refractivity contribution in [2.45, 2.75) is 0 Å². The van der Waals surface area contributed by atoms with Crippen LogP contribution in [0.3, 0.4) is 0 Å². The molecule has 208 valence electrons. The van der Waals surface area contributed by atoms with Crippen LogP contribution in [-0.4, -0.2) is 102 Å².